The van der Waals surface area contributed by atoms with E-state index in [9.17, 15) is 4.79 Å². The molecule has 3 aromatic rings. The molecule has 0 unspecified atom stereocenters. The van der Waals surface area contributed by atoms with Gasteiger partial charge in [0.1, 0.15) is 12.4 Å². The number of carbonyl (C=O) groups is 1. The smallest absolute Gasteiger partial charge is 0.253 e. The number of ether oxygens (including phenoxy) is 1. The minimum Gasteiger partial charge on any atom is -0.487 e. The van der Waals surface area contributed by atoms with Gasteiger partial charge in [0.25, 0.3) is 5.91 Å². The predicted molar refractivity (Wildman–Crippen MR) is 106 cm³/mol. The third-order valence-corrected chi connectivity index (χ3v) is 4.53. The van der Waals surface area contributed by atoms with Crippen molar-refractivity contribution < 1.29 is 9.53 Å². The van der Waals surface area contributed by atoms with Crippen LogP contribution in [0.5, 0.6) is 5.75 Å². The number of carbonyl (C=O) groups excluding carboxylic acids is 1. The number of rotatable bonds is 6. The van der Waals surface area contributed by atoms with Crippen LogP contribution in [0.25, 0.3) is 0 Å². The molecule has 0 saturated heterocycles. The molecule has 0 spiro atoms. The molecule has 27 heavy (non-hydrogen) atoms. The SMILES string of the molecule is CN(Cc1ccn(C)n1)C(=O)c1ccc(COc2ccc(Cl)cc2Cl)cc1. The molecule has 0 aliphatic heterocycles. The quantitative estimate of drug-likeness (QED) is 0.604. The van der Waals surface area contributed by atoms with Crippen molar-refractivity contribution in [1.82, 2.24) is 14.7 Å². The zero-order chi connectivity index (χ0) is 19.4. The highest BCUT2D eigenvalue weighted by molar-refractivity contribution is 6.35. The molecule has 0 N–H and O–H groups in total. The second kappa shape index (κ2) is 8.46. The monoisotopic (exact) mass is 403 g/mol. The fourth-order valence-corrected chi connectivity index (χ4v) is 3.04. The van der Waals surface area contributed by atoms with Crippen LogP contribution in [0.1, 0.15) is 21.6 Å². The van der Waals surface area contributed by atoms with Gasteiger partial charge in [0.15, 0.2) is 0 Å². The van der Waals surface area contributed by atoms with Crippen molar-refractivity contribution >= 4 is 29.1 Å². The van der Waals surface area contributed by atoms with E-state index in [1.165, 1.54) is 0 Å². The molecular formula is C20H19Cl2N3O2. The summed E-state index contributed by atoms with van der Waals surface area (Å²) in [7, 11) is 3.61. The summed E-state index contributed by atoms with van der Waals surface area (Å²) in [5.74, 6) is 0.505. The Kier molecular flexibility index (Phi) is 6.04. The first-order valence-corrected chi connectivity index (χ1v) is 9.09. The first kappa shape index (κ1) is 19.3. The fraction of sp³-hybridized carbons (Fsp3) is 0.200. The minimum absolute atomic E-state index is 0.0612. The lowest BCUT2D eigenvalue weighted by molar-refractivity contribution is 0.0783. The molecule has 0 bridgehead atoms. The van der Waals surface area contributed by atoms with E-state index in [1.807, 2.05) is 31.4 Å². The number of hydrogen-bond donors (Lipinski definition) is 0. The molecule has 0 fully saturated rings. The van der Waals surface area contributed by atoms with Gasteiger partial charge >= 0.3 is 0 Å². The van der Waals surface area contributed by atoms with Gasteiger partial charge in [0, 0.05) is 30.9 Å². The van der Waals surface area contributed by atoms with E-state index in [-0.39, 0.29) is 5.91 Å². The van der Waals surface area contributed by atoms with Gasteiger partial charge in [-0.2, -0.15) is 5.10 Å². The lowest BCUT2D eigenvalue weighted by Crippen LogP contribution is -2.26. The van der Waals surface area contributed by atoms with E-state index in [4.69, 9.17) is 27.9 Å². The average Bonchev–Trinajstić information content (AvgIpc) is 3.05. The Labute approximate surface area is 168 Å². The van der Waals surface area contributed by atoms with Crippen LogP contribution in [0.3, 0.4) is 0 Å². The van der Waals surface area contributed by atoms with Crippen molar-refractivity contribution in [2.75, 3.05) is 7.05 Å². The number of aryl methyl sites for hydroxylation is 1. The molecule has 5 nitrogen and oxygen atoms in total. The molecule has 140 valence electrons. The van der Waals surface area contributed by atoms with Crippen LogP contribution in [-0.2, 0) is 20.2 Å². The summed E-state index contributed by atoms with van der Waals surface area (Å²) >= 11 is 12.0. The average molecular weight is 404 g/mol. The van der Waals surface area contributed by atoms with Crippen LogP contribution in [0.15, 0.2) is 54.7 Å². The van der Waals surface area contributed by atoms with E-state index in [0.29, 0.717) is 34.5 Å². The highest BCUT2D eigenvalue weighted by Crippen LogP contribution is 2.28. The molecule has 0 radical (unpaired) electrons. The van der Waals surface area contributed by atoms with Gasteiger partial charge < -0.3 is 9.64 Å². The van der Waals surface area contributed by atoms with Crippen LogP contribution in [0, 0.1) is 0 Å². The molecule has 0 saturated carbocycles. The number of aromatic nitrogens is 2. The third-order valence-electron chi connectivity index (χ3n) is 4.00. The molecular weight excluding hydrogens is 385 g/mol. The number of halogens is 2. The number of hydrogen-bond acceptors (Lipinski definition) is 3. The van der Waals surface area contributed by atoms with Gasteiger partial charge in [-0.25, -0.2) is 0 Å². The van der Waals surface area contributed by atoms with Crippen LogP contribution < -0.4 is 4.74 Å². The zero-order valence-electron chi connectivity index (χ0n) is 15.0. The van der Waals surface area contributed by atoms with Crippen molar-refractivity contribution in [2.24, 2.45) is 7.05 Å². The van der Waals surface area contributed by atoms with Crippen molar-refractivity contribution in [1.29, 1.82) is 0 Å². The molecule has 1 heterocycles. The van der Waals surface area contributed by atoms with E-state index in [0.717, 1.165) is 11.3 Å². The van der Waals surface area contributed by atoms with E-state index >= 15 is 0 Å². The highest BCUT2D eigenvalue weighted by atomic mass is 35.5. The Morgan fingerprint density at radius 2 is 1.89 bits per heavy atom. The van der Waals surface area contributed by atoms with Crippen LogP contribution >= 0.6 is 23.2 Å². The predicted octanol–water partition coefficient (Wildman–Crippen LogP) is 4.58. The maximum Gasteiger partial charge on any atom is 0.253 e. The summed E-state index contributed by atoms with van der Waals surface area (Å²) in [5, 5.41) is 5.32. The van der Waals surface area contributed by atoms with Crippen molar-refractivity contribution in [3.63, 3.8) is 0 Å². The Balaban J connectivity index is 1.59. The van der Waals surface area contributed by atoms with Gasteiger partial charge in [-0.3, -0.25) is 9.48 Å². The van der Waals surface area contributed by atoms with Gasteiger partial charge in [-0.15, -0.1) is 0 Å². The Morgan fingerprint density at radius 3 is 2.52 bits per heavy atom. The summed E-state index contributed by atoms with van der Waals surface area (Å²) in [6.07, 6.45) is 1.86. The second-order valence-corrected chi connectivity index (χ2v) is 7.05. The molecule has 0 aliphatic rings. The summed E-state index contributed by atoms with van der Waals surface area (Å²) < 4.78 is 7.43. The second-order valence-electron chi connectivity index (χ2n) is 6.20. The van der Waals surface area contributed by atoms with E-state index < -0.39 is 0 Å². The van der Waals surface area contributed by atoms with Crippen LogP contribution in [0.2, 0.25) is 10.0 Å². The third kappa shape index (κ3) is 5.02. The first-order chi connectivity index (χ1) is 12.9. The van der Waals surface area contributed by atoms with Crippen LogP contribution in [-0.4, -0.2) is 27.6 Å². The maximum absolute atomic E-state index is 12.6. The molecule has 1 aromatic heterocycles. The van der Waals surface area contributed by atoms with Gasteiger partial charge in [0.2, 0.25) is 0 Å². The molecule has 2 aromatic carbocycles. The van der Waals surface area contributed by atoms with Gasteiger partial charge in [-0.1, -0.05) is 35.3 Å². The molecule has 3 rings (SSSR count). The molecule has 0 aliphatic carbocycles. The van der Waals surface area contributed by atoms with E-state index in [2.05, 4.69) is 5.10 Å². The zero-order valence-corrected chi connectivity index (χ0v) is 16.5. The normalized spacial score (nSPS) is 10.7. The van der Waals surface area contributed by atoms with E-state index in [1.54, 1.807) is 47.0 Å². The lowest BCUT2D eigenvalue weighted by atomic mass is 10.1. The topological polar surface area (TPSA) is 47.4 Å². The minimum atomic E-state index is -0.0612. The Bertz CT molecular complexity index is 939. The van der Waals surface area contributed by atoms with Gasteiger partial charge in [-0.05, 0) is 42.0 Å². The molecule has 7 heteroatoms. The highest BCUT2D eigenvalue weighted by Gasteiger charge is 2.13. The molecule has 0 atom stereocenters. The van der Waals surface area contributed by atoms with Gasteiger partial charge in [0.05, 0.1) is 17.3 Å². The van der Waals surface area contributed by atoms with Crippen molar-refractivity contribution in [2.45, 2.75) is 13.2 Å². The number of amides is 1. The standard InChI is InChI=1S/C20H19Cl2N3O2/c1-24(12-17-9-10-25(2)23-17)20(26)15-5-3-14(4-6-15)13-27-19-8-7-16(21)11-18(19)22/h3-11H,12-13H2,1-2H3. The van der Waals surface area contributed by atoms with Crippen molar-refractivity contribution in [3.8, 4) is 5.75 Å². The largest absolute Gasteiger partial charge is 0.487 e. The Morgan fingerprint density at radius 1 is 1.15 bits per heavy atom. The maximum atomic E-state index is 12.6. The first-order valence-electron chi connectivity index (χ1n) is 8.33. The van der Waals surface area contributed by atoms with Crippen molar-refractivity contribution in [3.05, 3.63) is 81.6 Å². The molecule has 1 amide bonds. The fourth-order valence-electron chi connectivity index (χ4n) is 2.58. The van der Waals surface area contributed by atoms with Crippen LogP contribution in [0.4, 0.5) is 0 Å². The summed E-state index contributed by atoms with van der Waals surface area (Å²) in [6, 6.07) is 14.3. The number of benzene rings is 2. The summed E-state index contributed by atoms with van der Waals surface area (Å²) in [5.41, 5.74) is 2.39. The summed E-state index contributed by atoms with van der Waals surface area (Å²) in [4.78, 5) is 14.2. The summed E-state index contributed by atoms with van der Waals surface area (Å²) in [6.45, 7) is 0.805. The number of nitrogens with zero attached hydrogens (tertiary/aromatic N) is 3. The Hall–Kier alpha value is -2.50. The lowest BCUT2D eigenvalue weighted by Gasteiger charge is -2.16.